The molecule has 6 nitrogen and oxygen atoms in total. The Labute approximate surface area is 180 Å². The summed E-state index contributed by atoms with van der Waals surface area (Å²) in [5.74, 6) is -1.20. The summed E-state index contributed by atoms with van der Waals surface area (Å²) in [4.78, 5) is 24.1. The molecule has 0 spiro atoms. The fraction of sp³-hybridized carbons (Fsp3) is 0.200. The van der Waals surface area contributed by atoms with Crippen molar-refractivity contribution < 1.29 is 19.4 Å². The Hall–Kier alpha value is -3.64. The smallest absolute Gasteiger partial charge is 0.407 e. The van der Waals surface area contributed by atoms with Crippen LogP contribution in [0.5, 0.6) is 0 Å². The molecule has 0 aliphatic heterocycles. The van der Waals surface area contributed by atoms with Crippen LogP contribution in [0, 0.1) is 0 Å². The van der Waals surface area contributed by atoms with Crippen LogP contribution in [-0.2, 0) is 22.5 Å². The number of carboxylic acids is 1. The van der Waals surface area contributed by atoms with Crippen molar-refractivity contribution in [2.45, 2.75) is 24.9 Å². The summed E-state index contributed by atoms with van der Waals surface area (Å²) in [5, 5.41) is 12.0. The van der Waals surface area contributed by atoms with Gasteiger partial charge < -0.3 is 20.9 Å². The summed E-state index contributed by atoms with van der Waals surface area (Å²) in [6, 6.07) is 22.4. The molecule has 31 heavy (non-hydrogen) atoms. The van der Waals surface area contributed by atoms with E-state index in [9.17, 15) is 14.7 Å². The van der Waals surface area contributed by atoms with Crippen molar-refractivity contribution in [3.05, 3.63) is 95.1 Å². The molecule has 158 valence electrons. The third kappa shape index (κ3) is 4.44. The molecule has 4 rings (SSSR count). The summed E-state index contributed by atoms with van der Waals surface area (Å²) in [6.45, 7) is 0.500. The topological polar surface area (TPSA) is 102 Å². The van der Waals surface area contributed by atoms with Gasteiger partial charge in [-0.2, -0.15) is 0 Å². The number of fused-ring (bicyclic) bond motifs is 3. The number of carbonyl (C=O) groups excluding carboxylic acids is 1. The molecule has 0 fully saturated rings. The predicted molar refractivity (Wildman–Crippen MR) is 118 cm³/mol. The van der Waals surface area contributed by atoms with Crippen LogP contribution in [0.4, 0.5) is 4.79 Å². The van der Waals surface area contributed by atoms with Crippen LogP contribution >= 0.6 is 0 Å². The molecule has 1 atom stereocenters. The Balaban J connectivity index is 1.43. The van der Waals surface area contributed by atoms with Crippen molar-refractivity contribution in [3.8, 4) is 11.1 Å². The standard InChI is InChI=1S/C25H24N2O4/c26-14-17-7-5-6-16(12-17)13-23(24(28)29)27-25(30)31-15-22-20-10-3-1-8-18(20)19-9-2-4-11-21(19)22/h1-12,22-23H,13-15,26H2,(H,27,30)(H,28,29)/t23-/m1/s1. The molecule has 1 amide bonds. The summed E-state index contributed by atoms with van der Waals surface area (Å²) >= 11 is 0. The predicted octanol–water partition coefficient (Wildman–Crippen LogP) is 3.68. The minimum atomic E-state index is -1.12. The van der Waals surface area contributed by atoms with E-state index in [1.165, 1.54) is 0 Å². The van der Waals surface area contributed by atoms with Crippen molar-refractivity contribution in [2.75, 3.05) is 6.61 Å². The van der Waals surface area contributed by atoms with Crippen LogP contribution in [0.15, 0.2) is 72.8 Å². The number of hydrogen-bond donors (Lipinski definition) is 3. The quantitative estimate of drug-likeness (QED) is 0.545. The normalized spacial score (nSPS) is 13.2. The summed E-state index contributed by atoms with van der Waals surface area (Å²) in [7, 11) is 0. The lowest BCUT2D eigenvalue weighted by molar-refractivity contribution is -0.139. The van der Waals surface area contributed by atoms with Crippen LogP contribution in [0.2, 0.25) is 0 Å². The van der Waals surface area contributed by atoms with Crippen LogP contribution in [-0.4, -0.2) is 29.8 Å². The average molecular weight is 416 g/mol. The Morgan fingerprint density at radius 1 is 0.935 bits per heavy atom. The minimum Gasteiger partial charge on any atom is -0.480 e. The van der Waals surface area contributed by atoms with Gasteiger partial charge in [0.15, 0.2) is 0 Å². The zero-order valence-electron chi connectivity index (χ0n) is 17.0. The number of nitrogens with one attached hydrogen (secondary N) is 1. The Kier molecular flexibility index (Phi) is 6.00. The van der Waals surface area contributed by atoms with E-state index in [0.29, 0.717) is 6.54 Å². The van der Waals surface area contributed by atoms with E-state index in [-0.39, 0.29) is 18.9 Å². The van der Waals surface area contributed by atoms with E-state index in [2.05, 4.69) is 17.4 Å². The number of ether oxygens (including phenoxy) is 1. The first kappa shape index (κ1) is 20.6. The number of nitrogens with two attached hydrogens (primary N) is 1. The number of rotatable bonds is 7. The minimum absolute atomic E-state index is 0.0809. The van der Waals surface area contributed by atoms with Gasteiger partial charge in [0.25, 0.3) is 0 Å². The lowest BCUT2D eigenvalue weighted by Gasteiger charge is -2.18. The Bertz CT molecular complexity index is 1070. The van der Waals surface area contributed by atoms with Gasteiger partial charge in [0.1, 0.15) is 12.6 Å². The van der Waals surface area contributed by atoms with Crippen molar-refractivity contribution in [3.63, 3.8) is 0 Å². The lowest BCUT2D eigenvalue weighted by atomic mass is 9.98. The van der Waals surface area contributed by atoms with Gasteiger partial charge in [-0.3, -0.25) is 0 Å². The first-order chi connectivity index (χ1) is 15.1. The monoisotopic (exact) mass is 416 g/mol. The van der Waals surface area contributed by atoms with E-state index in [1.54, 1.807) is 0 Å². The zero-order chi connectivity index (χ0) is 21.8. The van der Waals surface area contributed by atoms with Crippen LogP contribution in [0.25, 0.3) is 11.1 Å². The van der Waals surface area contributed by atoms with Gasteiger partial charge in [-0.25, -0.2) is 9.59 Å². The number of hydrogen-bond acceptors (Lipinski definition) is 4. The molecule has 0 aromatic heterocycles. The van der Waals surface area contributed by atoms with E-state index in [1.807, 2.05) is 60.7 Å². The summed E-state index contributed by atoms with van der Waals surface area (Å²) < 4.78 is 5.47. The highest BCUT2D eigenvalue weighted by atomic mass is 16.5. The molecular formula is C25H24N2O4. The molecule has 0 radical (unpaired) electrons. The van der Waals surface area contributed by atoms with Crippen molar-refractivity contribution >= 4 is 12.1 Å². The number of aliphatic carboxylic acids is 1. The third-order valence-corrected chi connectivity index (χ3v) is 5.60. The summed E-state index contributed by atoms with van der Waals surface area (Å²) in [5.41, 5.74) is 11.8. The highest BCUT2D eigenvalue weighted by molar-refractivity contribution is 5.81. The van der Waals surface area contributed by atoms with Gasteiger partial charge in [0, 0.05) is 18.9 Å². The molecular weight excluding hydrogens is 392 g/mol. The van der Waals surface area contributed by atoms with Crippen molar-refractivity contribution in [2.24, 2.45) is 5.73 Å². The molecule has 0 heterocycles. The van der Waals surface area contributed by atoms with E-state index in [4.69, 9.17) is 10.5 Å². The second-order valence-electron chi connectivity index (χ2n) is 7.59. The second-order valence-corrected chi connectivity index (χ2v) is 7.59. The number of carboxylic acid groups (broad SMARTS) is 1. The van der Waals surface area contributed by atoms with E-state index < -0.39 is 18.1 Å². The zero-order valence-corrected chi connectivity index (χ0v) is 17.0. The molecule has 4 N–H and O–H groups in total. The molecule has 3 aromatic rings. The second kappa shape index (κ2) is 9.02. The van der Waals surface area contributed by atoms with Gasteiger partial charge in [0.05, 0.1) is 0 Å². The number of carbonyl (C=O) groups is 2. The molecule has 1 aliphatic rings. The van der Waals surface area contributed by atoms with Crippen LogP contribution < -0.4 is 11.1 Å². The molecule has 3 aromatic carbocycles. The molecule has 0 saturated heterocycles. The average Bonchev–Trinajstić information content (AvgIpc) is 3.11. The first-order valence-electron chi connectivity index (χ1n) is 10.2. The maximum atomic E-state index is 12.4. The van der Waals surface area contributed by atoms with Gasteiger partial charge in [0.2, 0.25) is 0 Å². The highest BCUT2D eigenvalue weighted by Crippen LogP contribution is 2.44. The van der Waals surface area contributed by atoms with Crippen LogP contribution in [0.3, 0.4) is 0 Å². The number of amides is 1. The van der Waals surface area contributed by atoms with Gasteiger partial charge in [-0.05, 0) is 33.4 Å². The maximum Gasteiger partial charge on any atom is 0.407 e. The van der Waals surface area contributed by atoms with Gasteiger partial charge in [-0.15, -0.1) is 0 Å². The molecule has 6 heteroatoms. The first-order valence-corrected chi connectivity index (χ1v) is 10.2. The molecule has 0 saturated carbocycles. The highest BCUT2D eigenvalue weighted by Gasteiger charge is 2.29. The van der Waals surface area contributed by atoms with E-state index >= 15 is 0 Å². The van der Waals surface area contributed by atoms with Crippen LogP contribution in [0.1, 0.15) is 28.2 Å². The van der Waals surface area contributed by atoms with Crippen molar-refractivity contribution in [1.82, 2.24) is 5.32 Å². The van der Waals surface area contributed by atoms with E-state index in [0.717, 1.165) is 33.4 Å². The lowest BCUT2D eigenvalue weighted by Crippen LogP contribution is -2.42. The Morgan fingerprint density at radius 3 is 2.16 bits per heavy atom. The third-order valence-electron chi connectivity index (χ3n) is 5.60. The maximum absolute atomic E-state index is 12.4. The largest absolute Gasteiger partial charge is 0.480 e. The molecule has 0 bridgehead atoms. The fourth-order valence-electron chi connectivity index (χ4n) is 4.10. The number of alkyl carbamates (subject to hydrolysis) is 1. The fourth-order valence-corrected chi connectivity index (χ4v) is 4.10. The molecule has 1 aliphatic carbocycles. The molecule has 0 unspecified atom stereocenters. The van der Waals surface area contributed by atoms with Crippen molar-refractivity contribution in [1.29, 1.82) is 0 Å². The van der Waals surface area contributed by atoms with Gasteiger partial charge >= 0.3 is 12.1 Å². The number of benzene rings is 3. The Morgan fingerprint density at radius 2 is 1.55 bits per heavy atom. The summed E-state index contributed by atoms with van der Waals surface area (Å²) in [6.07, 6.45) is -0.600. The SMILES string of the molecule is NCc1cccc(C[C@@H](NC(=O)OCC2c3ccccc3-c3ccccc32)C(=O)O)c1. The van der Waals surface area contributed by atoms with Gasteiger partial charge in [-0.1, -0.05) is 72.8 Å².